The maximum Gasteiger partial charge on any atom is 0.573 e. The molecule has 2 aliphatic rings. The number of alkyl halides is 6. The summed E-state index contributed by atoms with van der Waals surface area (Å²) < 4.78 is 93.3. The van der Waals surface area contributed by atoms with Crippen LogP contribution in [0.5, 0.6) is 11.6 Å². The number of hydrogen-bond donors (Lipinski definition) is 2. The Morgan fingerprint density at radius 1 is 0.980 bits per heavy atom. The van der Waals surface area contributed by atoms with E-state index in [9.17, 15) is 36.2 Å². The molecule has 2 atom stereocenters. The average Bonchev–Trinajstić information content (AvgIpc) is 3.65. The van der Waals surface area contributed by atoms with Gasteiger partial charge in [-0.3, -0.25) is 4.79 Å². The summed E-state index contributed by atoms with van der Waals surface area (Å²) in [4.78, 5) is 22.0. The molecule has 0 aliphatic carbocycles. The highest BCUT2D eigenvalue weighted by Gasteiger charge is 2.46. The highest BCUT2D eigenvalue weighted by atomic mass is 19.4. The standard InChI is InChI=1S/C33H32F6N6O4/c1-19-9-12-45(43-19)26-15-22(21-3-6-23(7-4-21)49-33(37,38)39)5-8-24(26)29(32(34,35)36)48-28-16-27(41-20(2)42-28)44-13-10-31(11-14-44)17-25(30(46)47)40-18-31/h3-9,12,15-16,25,29,40H,10-11,13-14,17-18H2,1-2H3,(H,46,47)/t25?,29-/m1/s1. The molecule has 2 aliphatic heterocycles. The van der Waals surface area contributed by atoms with E-state index in [0.29, 0.717) is 61.5 Å². The number of aliphatic carboxylic acids is 1. The molecule has 6 rings (SSSR count). The van der Waals surface area contributed by atoms with Crippen LogP contribution in [0.25, 0.3) is 16.8 Å². The number of piperidine rings is 1. The van der Waals surface area contributed by atoms with Crippen LogP contribution in [-0.4, -0.2) is 69.0 Å². The van der Waals surface area contributed by atoms with Gasteiger partial charge in [-0.25, -0.2) is 9.67 Å². The number of anilines is 1. The summed E-state index contributed by atoms with van der Waals surface area (Å²) >= 11 is 0. The fourth-order valence-electron chi connectivity index (χ4n) is 6.40. The van der Waals surface area contributed by atoms with Crippen LogP contribution in [0.1, 0.15) is 42.4 Å². The van der Waals surface area contributed by atoms with Crippen molar-refractivity contribution in [3.8, 4) is 28.4 Å². The Morgan fingerprint density at radius 2 is 1.67 bits per heavy atom. The summed E-state index contributed by atoms with van der Waals surface area (Å²) in [5, 5.41) is 16.8. The summed E-state index contributed by atoms with van der Waals surface area (Å²) in [5.41, 5.74) is 0.995. The number of halogens is 6. The zero-order chi connectivity index (χ0) is 35.1. The van der Waals surface area contributed by atoms with Gasteiger partial charge in [0.05, 0.1) is 11.4 Å². The van der Waals surface area contributed by atoms with Crippen molar-refractivity contribution in [2.24, 2.45) is 5.41 Å². The number of carboxylic acid groups (broad SMARTS) is 1. The van der Waals surface area contributed by atoms with Gasteiger partial charge in [-0.1, -0.05) is 24.3 Å². The lowest BCUT2D eigenvalue weighted by atomic mass is 9.76. The molecule has 4 heterocycles. The quantitative estimate of drug-likeness (QED) is 0.199. The molecular weight excluding hydrogens is 658 g/mol. The first-order chi connectivity index (χ1) is 23.1. The monoisotopic (exact) mass is 690 g/mol. The van der Waals surface area contributed by atoms with Gasteiger partial charge in [-0.05, 0) is 73.9 Å². The van der Waals surface area contributed by atoms with Crippen LogP contribution in [0.4, 0.5) is 32.2 Å². The van der Waals surface area contributed by atoms with Crippen molar-refractivity contribution in [2.45, 2.75) is 57.8 Å². The molecule has 2 saturated heterocycles. The molecule has 1 unspecified atom stereocenters. The van der Waals surface area contributed by atoms with Gasteiger partial charge < -0.3 is 24.8 Å². The lowest BCUT2D eigenvalue weighted by Gasteiger charge is -2.39. The number of benzene rings is 2. The maximum absolute atomic E-state index is 14.8. The number of rotatable bonds is 8. The third-order valence-corrected chi connectivity index (χ3v) is 8.85. The lowest BCUT2D eigenvalue weighted by molar-refractivity contribution is -0.274. The zero-order valence-corrected chi connectivity index (χ0v) is 26.3. The second kappa shape index (κ2) is 12.9. The van der Waals surface area contributed by atoms with E-state index in [1.165, 1.54) is 47.3 Å². The van der Waals surface area contributed by atoms with Crippen molar-refractivity contribution in [1.29, 1.82) is 0 Å². The Hall–Kier alpha value is -4.86. The normalized spacial score (nSPS) is 18.4. The minimum absolute atomic E-state index is 0.0423. The van der Waals surface area contributed by atoms with Gasteiger partial charge in [0.1, 0.15) is 23.4 Å². The molecule has 2 N–H and O–H groups in total. The number of nitrogens with zero attached hydrogens (tertiary/aromatic N) is 5. The van der Waals surface area contributed by atoms with E-state index in [1.807, 2.05) is 4.90 Å². The molecule has 1 spiro atoms. The van der Waals surface area contributed by atoms with Crippen LogP contribution in [0, 0.1) is 19.3 Å². The summed E-state index contributed by atoms with van der Waals surface area (Å²) in [6.07, 6.45) is -8.87. The van der Waals surface area contributed by atoms with E-state index >= 15 is 0 Å². The Kier molecular flexibility index (Phi) is 8.94. The Bertz CT molecular complexity index is 1820. The smallest absolute Gasteiger partial charge is 0.480 e. The first-order valence-corrected chi connectivity index (χ1v) is 15.4. The van der Waals surface area contributed by atoms with Crippen LogP contribution >= 0.6 is 0 Å². The first kappa shape index (κ1) is 34.0. The Labute approximate surface area is 276 Å². The van der Waals surface area contributed by atoms with Crippen LogP contribution in [0.2, 0.25) is 0 Å². The van der Waals surface area contributed by atoms with Crippen LogP contribution in [-0.2, 0) is 4.79 Å². The van der Waals surface area contributed by atoms with Crippen molar-refractivity contribution < 1.29 is 45.7 Å². The van der Waals surface area contributed by atoms with Gasteiger partial charge in [0, 0.05) is 37.5 Å². The predicted octanol–water partition coefficient (Wildman–Crippen LogP) is 6.56. The number of carboxylic acids is 1. The fourth-order valence-corrected chi connectivity index (χ4v) is 6.40. The molecule has 2 aromatic heterocycles. The summed E-state index contributed by atoms with van der Waals surface area (Å²) in [5.74, 6) is -1.01. The molecule has 260 valence electrons. The van der Waals surface area contributed by atoms with E-state index in [4.69, 9.17) is 4.74 Å². The number of hydrogen-bond acceptors (Lipinski definition) is 8. The lowest BCUT2D eigenvalue weighted by Crippen LogP contribution is -2.41. The van der Waals surface area contributed by atoms with Crippen molar-refractivity contribution in [3.05, 3.63) is 77.9 Å². The van der Waals surface area contributed by atoms with E-state index in [2.05, 4.69) is 25.1 Å². The van der Waals surface area contributed by atoms with E-state index in [0.717, 1.165) is 12.1 Å². The van der Waals surface area contributed by atoms with Gasteiger partial charge in [0.25, 0.3) is 0 Å². The number of ether oxygens (including phenoxy) is 2. The largest absolute Gasteiger partial charge is 0.573 e. The predicted molar refractivity (Wildman–Crippen MR) is 165 cm³/mol. The summed E-state index contributed by atoms with van der Waals surface area (Å²) in [6.45, 7) is 4.87. The summed E-state index contributed by atoms with van der Waals surface area (Å²) in [6, 6.07) is 11.5. The molecule has 0 saturated carbocycles. The minimum atomic E-state index is -4.90. The number of carbonyl (C=O) groups is 1. The first-order valence-electron chi connectivity index (χ1n) is 15.4. The third kappa shape index (κ3) is 7.74. The highest BCUT2D eigenvalue weighted by molar-refractivity contribution is 5.74. The molecule has 49 heavy (non-hydrogen) atoms. The van der Waals surface area contributed by atoms with Crippen molar-refractivity contribution in [2.75, 3.05) is 24.5 Å². The SMILES string of the molecule is Cc1ccn(-c2cc(-c3ccc(OC(F)(F)F)cc3)ccc2[C@@H](Oc2cc(N3CCC4(CC3)CNC(C(=O)O)C4)nc(C)n2)C(F)(F)F)n1. The topological polar surface area (TPSA) is 115 Å². The molecule has 4 aromatic rings. The van der Waals surface area contributed by atoms with Gasteiger partial charge in [-0.2, -0.15) is 23.3 Å². The molecular formula is C33H32F6N6O4. The van der Waals surface area contributed by atoms with Crippen molar-refractivity contribution in [3.63, 3.8) is 0 Å². The average molecular weight is 691 g/mol. The highest BCUT2D eigenvalue weighted by Crippen LogP contribution is 2.43. The summed E-state index contributed by atoms with van der Waals surface area (Å²) in [7, 11) is 0. The second-order valence-electron chi connectivity index (χ2n) is 12.4. The Balaban J connectivity index is 1.29. The molecule has 2 fully saturated rings. The van der Waals surface area contributed by atoms with Crippen LogP contribution in [0.3, 0.4) is 0 Å². The molecule has 0 radical (unpaired) electrons. The zero-order valence-electron chi connectivity index (χ0n) is 26.3. The maximum atomic E-state index is 14.8. The van der Waals surface area contributed by atoms with Gasteiger partial charge >= 0.3 is 18.5 Å². The second-order valence-corrected chi connectivity index (χ2v) is 12.4. The van der Waals surface area contributed by atoms with Crippen molar-refractivity contribution in [1.82, 2.24) is 25.1 Å². The fraction of sp³-hybridized carbons (Fsp3) is 0.394. The van der Waals surface area contributed by atoms with E-state index in [1.54, 1.807) is 19.9 Å². The van der Waals surface area contributed by atoms with Gasteiger partial charge in [0.2, 0.25) is 12.0 Å². The number of aryl methyl sites for hydroxylation is 2. The number of nitrogens with one attached hydrogen (secondary N) is 1. The van der Waals surface area contributed by atoms with Crippen LogP contribution in [0.15, 0.2) is 60.8 Å². The van der Waals surface area contributed by atoms with E-state index in [-0.39, 0.29) is 28.4 Å². The van der Waals surface area contributed by atoms with Gasteiger partial charge in [-0.15, -0.1) is 13.2 Å². The third-order valence-electron chi connectivity index (χ3n) is 8.85. The molecule has 16 heteroatoms. The van der Waals surface area contributed by atoms with Gasteiger partial charge in [0.15, 0.2) is 0 Å². The number of aromatic nitrogens is 4. The van der Waals surface area contributed by atoms with Crippen LogP contribution < -0.4 is 19.7 Å². The van der Waals surface area contributed by atoms with Crippen molar-refractivity contribution >= 4 is 11.8 Å². The molecule has 2 aromatic carbocycles. The minimum Gasteiger partial charge on any atom is -0.480 e. The van der Waals surface area contributed by atoms with E-state index < -0.39 is 36.4 Å². The molecule has 0 amide bonds. The molecule has 10 nitrogen and oxygen atoms in total. The Morgan fingerprint density at radius 3 is 2.27 bits per heavy atom. The molecule has 0 bridgehead atoms.